The van der Waals surface area contributed by atoms with Crippen LogP contribution in [0.25, 0.3) is 6.08 Å². The standard InChI is InChI=1S/C30H38N6O6S/c31-29(32)22-8-4-6-21(18-22)7-5-15-36(43(40,41)20-28(37)38)23-10-11-26(25(19-23)30(33)39)42-24-12-16-35(17-13-24)27-9-2-1-3-14-34-27/h4-8,10-11,18-19,24H,1-3,9,12-17,20H2,(H3,31,32)(H2,33,39)(H,37,38)/b7-5+. The Morgan fingerprint density at radius 1 is 1.12 bits per heavy atom. The van der Waals surface area contributed by atoms with Crippen molar-refractivity contribution in [1.82, 2.24) is 4.90 Å². The van der Waals surface area contributed by atoms with E-state index in [1.54, 1.807) is 36.4 Å². The van der Waals surface area contributed by atoms with Gasteiger partial charge >= 0.3 is 5.97 Å². The summed E-state index contributed by atoms with van der Waals surface area (Å²) in [4.78, 5) is 30.9. The van der Waals surface area contributed by atoms with Crippen LogP contribution in [0.5, 0.6) is 5.75 Å². The number of hydrogen-bond acceptors (Lipinski definition) is 8. The Morgan fingerprint density at radius 2 is 1.88 bits per heavy atom. The second-order valence-electron chi connectivity index (χ2n) is 10.6. The van der Waals surface area contributed by atoms with Gasteiger partial charge in [0.25, 0.3) is 5.91 Å². The third-order valence-electron chi connectivity index (χ3n) is 7.39. The van der Waals surface area contributed by atoms with Crippen LogP contribution in [0.1, 0.15) is 60.0 Å². The van der Waals surface area contributed by atoms with Gasteiger partial charge in [-0.1, -0.05) is 36.8 Å². The molecule has 0 bridgehead atoms. The number of nitrogens with two attached hydrogens (primary N) is 2. The molecule has 2 aromatic carbocycles. The highest BCUT2D eigenvalue weighted by Crippen LogP contribution is 2.30. The molecule has 1 saturated heterocycles. The maximum atomic E-state index is 13.1. The fraction of sp³-hybridized carbons (Fsp3) is 0.400. The number of rotatable bonds is 11. The first-order chi connectivity index (χ1) is 20.5. The molecule has 0 saturated carbocycles. The van der Waals surface area contributed by atoms with E-state index in [9.17, 15) is 23.1 Å². The van der Waals surface area contributed by atoms with Crippen LogP contribution in [0.4, 0.5) is 5.69 Å². The van der Waals surface area contributed by atoms with Gasteiger partial charge in [0, 0.05) is 44.5 Å². The largest absolute Gasteiger partial charge is 0.489 e. The second-order valence-corrected chi connectivity index (χ2v) is 12.5. The van der Waals surface area contributed by atoms with Gasteiger partial charge in [-0.25, -0.2) is 8.42 Å². The fourth-order valence-electron chi connectivity index (χ4n) is 5.20. The number of piperidine rings is 1. The summed E-state index contributed by atoms with van der Waals surface area (Å²) >= 11 is 0. The SMILES string of the molecule is N=C(N)c1cccc(/C=C/CN(c2ccc(OC3CCN(C4=NCCCCC4)CC3)c(C(N)=O)c2)S(=O)(=O)CC(=O)O)c1. The van der Waals surface area contributed by atoms with Crippen molar-refractivity contribution in [3.8, 4) is 5.75 Å². The number of nitrogens with one attached hydrogen (secondary N) is 1. The van der Waals surface area contributed by atoms with Gasteiger partial charge in [0.2, 0.25) is 10.0 Å². The first kappa shape index (κ1) is 31.5. The Kier molecular flexibility index (Phi) is 10.4. The second kappa shape index (κ2) is 14.2. The van der Waals surface area contributed by atoms with Gasteiger partial charge in [-0.15, -0.1) is 0 Å². The van der Waals surface area contributed by atoms with Crippen molar-refractivity contribution < 1.29 is 27.9 Å². The molecule has 0 atom stereocenters. The van der Waals surface area contributed by atoms with Crippen molar-refractivity contribution in [3.63, 3.8) is 0 Å². The minimum atomic E-state index is -4.33. The van der Waals surface area contributed by atoms with E-state index in [4.69, 9.17) is 26.6 Å². The van der Waals surface area contributed by atoms with Gasteiger partial charge in [0.05, 0.1) is 23.6 Å². The van der Waals surface area contributed by atoms with Crippen LogP contribution in [0.2, 0.25) is 0 Å². The summed E-state index contributed by atoms with van der Waals surface area (Å²) in [6.07, 6.45) is 8.92. The zero-order valence-corrected chi connectivity index (χ0v) is 24.8. The number of aliphatic imine (C=N–C) groups is 1. The summed E-state index contributed by atoms with van der Waals surface area (Å²) in [5.41, 5.74) is 12.5. The number of sulfonamides is 1. The fourth-order valence-corrected chi connectivity index (χ4v) is 6.42. The maximum Gasteiger partial charge on any atom is 0.320 e. The van der Waals surface area contributed by atoms with Crippen molar-refractivity contribution in [2.24, 2.45) is 16.5 Å². The number of amidine groups is 2. The van der Waals surface area contributed by atoms with Gasteiger partial charge in [-0.3, -0.25) is 24.3 Å². The molecule has 0 unspecified atom stereocenters. The van der Waals surface area contributed by atoms with E-state index in [2.05, 4.69) is 4.90 Å². The summed E-state index contributed by atoms with van der Waals surface area (Å²) in [6.45, 7) is 2.22. The molecule has 2 heterocycles. The minimum absolute atomic E-state index is 0.00161. The Balaban J connectivity index is 1.53. The number of hydrogen-bond donors (Lipinski definition) is 4. The molecule has 2 aliphatic rings. The van der Waals surface area contributed by atoms with Gasteiger partial charge in [-0.2, -0.15) is 0 Å². The number of nitrogen functional groups attached to an aromatic ring is 1. The number of nitrogens with zero attached hydrogens (tertiary/aromatic N) is 3. The maximum absolute atomic E-state index is 13.1. The number of ether oxygens (including phenoxy) is 1. The first-order valence-corrected chi connectivity index (χ1v) is 15.9. The van der Waals surface area contributed by atoms with Crippen LogP contribution in [-0.2, 0) is 14.8 Å². The number of benzene rings is 2. The van der Waals surface area contributed by atoms with E-state index in [-0.39, 0.29) is 35.5 Å². The molecule has 1 amide bonds. The highest BCUT2D eigenvalue weighted by molar-refractivity contribution is 7.93. The number of carboxylic acid groups (broad SMARTS) is 1. The molecule has 13 heteroatoms. The highest BCUT2D eigenvalue weighted by Gasteiger charge is 2.28. The molecular formula is C30H38N6O6S. The molecule has 230 valence electrons. The van der Waals surface area contributed by atoms with Crippen molar-refractivity contribution in [3.05, 3.63) is 65.2 Å². The molecule has 0 aromatic heterocycles. The number of carbonyl (C=O) groups is 2. The Hall–Kier alpha value is -4.39. The van der Waals surface area contributed by atoms with Crippen molar-refractivity contribution in [1.29, 1.82) is 5.41 Å². The van der Waals surface area contributed by atoms with E-state index < -0.39 is 27.7 Å². The number of carboxylic acids is 1. The lowest BCUT2D eigenvalue weighted by Gasteiger charge is -2.34. The van der Waals surface area contributed by atoms with Crippen molar-refractivity contribution in [2.75, 3.05) is 36.2 Å². The zero-order valence-electron chi connectivity index (χ0n) is 23.9. The van der Waals surface area contributed by atoms with E-state index in [0.717, 1.165) is 61.9 Å². The zero-order chi connectivity index (χ0) is 31.0. The quantitative estimate of drug-likeness (QED) is 0.220. The normalized spacial score (nSPS) is 16.4. The van der Waals surface area contributed by atoms with Crippen molar-refractivity contribution >= 4 is 45.3 Å². The summed E-state index contributed by atoms with van der Waals surface area (Å²) in [5.74, 6) is -2.17. The van der Waals surface area contributed by atoms with Crippen LogP contribution in [-0.4, -0.2) is 80.0 Å². The number of amides is 1. The highest BCUT2D eigenvalue weighted by atomic mass is 32.2. The summed E-state index contributed by atoms with van der Waals surface area (Å²) in [5, 5.41) is 16.9. The van der Waals surface area contributed by atoms with Crippen molar-refractivity contribution in [2.45, 2.75) is 44.6 Å². The van der Waals surface area contributed by atoms with Gasteiger partial charge in [-0.05, 0) is 42.7 Å². The van der Waals surface area contributed by atoms with E-state index >= 15 is 0 Å². The van der Waals surface area contributed by atoms with Crippen LogP contribution >= 0.6 is 0 Å². The smallest absolute Gasteiger partial charge is 0.320 e. The number of primary amides is 1. The van der Waals surface area contributed by atoms with Crippen LogP contribution in [0.3, 0.4) is 0 Å². The molecular weight excluding hydrogens is 572 g/mol. The van der Waals surface area contributed by atoms with Crippen LogP contribution < -0.4 is 20.5 Å². The molecule has 43 heavy (non-hydrogen) atoms. The molecule has 1 fully saturated rings. The lowest BCUT2D eigenvalue weighted by molar-refractivity contribution is -0.134. The summed E-state index contributed by atoms with van der Waals surface area (Å²) in [6, 6.07) is 11.1. The van der Waals surface area contributed by atoms with Gasteiger partial charge in [0.15, 0.2) is 5.75 Å². The molecule has 4 rings (SSSR count). The topological polar surface area (TPSA) is 192 Å². The van der Waals surface area contributed by atoms with Gasteiger partial charge < -0.3 is 26.2 Å². The predicted octanol–water partition coefficient (Wildman–Crippen LogP) is 2.82. The number of anilines is 1. The van der Waals surface area contributed by atoms with E-state index in [0.29, 0.717) is 11.1 Å². The summed E-state index contributed by atoms with van der Waals surface area (Å²) < 4.78 is 33.3. The third-order valence-corrected chi connectivity index (χ3v) is 9.03. The van der Waals surface area contributed by atoms with Gasteiger partial charge in [0.1, 0.15) is 17.7 Å². The van der Waals surface area contributed by atoms with Crippen LogP contribution in [0, 0.1) is 5.41 Å². The molecule has 12 nitrogen and oxygen atoms in total. The minimum Gasteiger partial charge on any atom is -0.489 e. The number of likely N-dealkylation sites (tertiary alicyclic amines) is 1. The molecule has 2 aliphatic heterocycles. The lowest BCUT2D eigenvalue weighted by atomic mass is 10.1. The van der Waals surface area contributed by atoms with Crippen LogP contribution in [0.15, 0.2) is 53.5 Å². The average Bonchev–Trinajstić information content (AvgIpc) is 3.25. The molecule has 0 spiro atoms. The molecule has 0 radical (unpaired) electrons. The lowest BCUT2D eigenvalue weighted by Crippen LogP contribution is -2.42. The Morgan fingerprint density at radius 3 is 2.58 bits per heavy atom. The average molecular weight is 611 g/mol. The van der Waals surface area contributed by atoms with E-state index in [1.165, 1.54) is 24.6 Å². The third kappa shape index (κ3) is 8.57. The molecule has 6 N–H and O–H groups in total. The molecule has 2 aromatic rings. The Labute approximate surface area is 251 Å². The molecule has 0 aliphatic carbocycles. The Bertz CT molecular complexity index is 1510. The number of carbonyl (C=O) groups excluding carboxylic acids is 1. The monoisotopic (exact) mass is 610 g/mol. The summed E-state index contributed by atoms with van der Waals surface area (Å²) in [7, 11) is -4.33. The predicted molar refractivity (Wildman–Crippen MR) is 166 cm³/mol. The number of aliphatic carboxylic acids is 1. The first-order valence-electron chi connectivity index (χ1n) is 14.3. The van der Waals surface area contributed by atoms with E-state index in [1.807, 2.05) is 0 Å².